The van der Waals surface area contributed by atoms with E-state index in [-0.39, 0.29) is 0 Å². The molecule has 20 heavy (non-hydrogen) atoms. The second kappa shape index (κ2) is 5.73. The van der Waals surface area contributed by atoms with Crippen molar-refractivity contribution < 1.29 is 4.42 Å². The SMILES string of the molecule is Cc1cccc(-c2nnc(CN3CCNC[C@H]3C)o2)c1. The molecule has 0 amide bonds. The van der Waals surface area contributed by atoms with Gasteiger partial charge in [-0.1, -0.05) is 17.7 Å². The minimum Gasteiger partial charge on any atom is -0.419 e. The summed E-state index contributed by atoms with van der Waals surface area (Å²) in [4.78, 5) is 2.37. The molecule has 1 aromatic heterocycles. The Morgan fingerprint density at radius 1 is 1.40 bits per heavy atom. The Hall–Kier alpha value is -1.72. The number of piperazine rings is 1. The van der Waals surface area contributed by atoms with Crippen LogP contribution in [0, 0.1) is 6.92 Å². The molecule has 1 saturated heterocycles. The molecule has 3 rings (SSSR count). The van der Waals surface area contributed by atoms with Gasteiger partial charge in [0.1, 0.15) is 0 Å². The van der Waals surface area contributed by atoms with Gasteiger partial charge in [-0.3, -0.25) is 4.90 Å². The van der Waals surface area contributed by atoms with Gasteiger partial charge in [0.05, 0.1) is 6.54 Å². The highest BCUT2D eigenvalue weighted by atomic mass is 16.4. The van der Waals surface area contributed by atoms with E-state index >= 15 is 0 Å². The summed E-state index contributed by atoms with van der Waals surface area (Å²) < 4.78 is 5.79. The minimum atomic E-state index is 0.498. The molecule has 2 aromatic rings. The predicted octanol–water partition coefficient (Wildman–Crippen LogP) is 1.84. The zero-order valence-electron chi connectivity index (χ0n) is 12.0. The molecule has 106 valence electrons. The van der Waals surface area contributed by atoms with Crippen LogP contribution >= 0.6 is 0 Å². The van der Waals surface area contributed by atoms with Crippen molar-refractivity contribution in [2.45, 2.75) is 26.4 Å². The van der Waals surface area contributed by atoms with E-state index in [1.165, 1.54) is 5.56 Å². The van der Waals surface area contributed by atoms with Crippen LogP contribution in [0.5, 0.6) is 0 Å². The number of nitrogens with one attached hydrogen (secondary N) is 1. The largest absolute Gasteiger partial charge is 0.419 e. The lowest BCUT2D eigenvalue weighted by molar-refractivity contribution is 0.151. The maximum absolute atomic E-state index is 5.79. The van der Waals surface area contributed by atoms with Gasteiger partial charge in [-0.15, -0.1) is 10.2 Å². The van der Waals surface area contributed by atoms with Crippen LogP contribution in [0.25, 0.3) is 11.5 Å². The zero-order valence-corrected chi connectivity index (χ0v) is 12.0. The Morgan fingerprint density at radius 3 is 3.10 bits per heavy atom. The van der Waals surface area contributed by atoms with Crippen LogP contribution in [-0.2, 0) is 6.54 Å². The quantitative estimate of drug-likeness (QED) is 0.924. The first-order chi connectivity index (χ1) is 9.72. The number of aromatic nitrogens is 2. The summed E-state index contributed by atoms with van der Waals surface area (Å²) in [6.45, 7) is 8.04. The molecule has 5 nitrogen and oxygen atoms in total. The summed E-state index contributed by atoms with van der Waals surface area (Å²) in [6, 6.07) is 8.62. The lowest BCUT2D eigenvalue weighted by Gasteiger charge is -2.32. The summed E-state index contributed by atoms with van der Waals surface area (Å²) in [6.07, 6.45) is 0. The van der Waals surface area contributed by atoms with Crippen LogP contribution in [0.3, 0.4) is 0 Å². The van der Waals surface area contributed by atoms with Crippen LogP contribution in [0.4, 0.5) is 0 Å². The molecule has 2 heterocycles. The Kier molecular flexibility index (Phi) is 3.80. The van der Waals surface area contributed by atoms with Crippen LogP contribution in [0.15, 0.2) is 28.7 Å². The lowest BCUT2D eigenvalue weighted by atomic mass is 10.1. The van der Waals surface area contributed by atoms with Crippen molar-refractivity contribution in [2.24, 2.45) is 0 Å². The molecule has 0 saturated carbocycles. The van der Waals surface area contributed by atoms with E-state index in [1.54, 1.807) is 0 Å². The molecule has 1 aliphatic rings. The maximum atomic E-state index is 5.79. The van der Waals surface area contributed by atoms with Crippen molar-refractivity contribution in [1.29, 1.82) is 0 Å². The van der Waals surface area contributed by atoms with Crippen molar-refractivity contribution in [3.63, 3.8) is 0 Å². The van der Waals surface area contributed by atoms with E-state index in [0.29, 0.717) is 17.8 Å². The van der Waals surface area contributed by atoms with Gasteiger partial charge in [0.2, 0.25) is 11.8 Å². The fraction of sp³-hybridized carbons (Fsp3) is 0.467. The molecule has 5 heteroatoms. The fourth-order valence-corrected chi connectivity index (χ4v) is 2.50. The molecule has 1 aromatic carbocycles. The van der Waals surface area contributed by atoms with E-state index in [4.69, 9.17) is 4.42 Å². The Morgan fingerprint density at radius 2 is 2.30 bits per heavy atom. The van der Waals surface area contributed by atoms with Crippen molar-refractivity contribution in [2.75, 3.05) is 19.6 Å². The number of rotatable bonds is 3. The van der Waals surface area contributed by atoms with Gasteiger partial charge in [0, 0.05) is 31.2 Å². The summed E-state index contributed by atoms with van der Waals surface area (Å²) in [5, 5.41) is 11.7. The van der Waals surface area contributed by atoms with Crippen LogP contribution in [-0.4, -0.2) is 40.8 Å². The van der Waals surface area contributed by atoms with E-state index in [2.05, 4.69) is 46.4 Å². The second-order valence-corrected chi connectivity index (χ2v) is 5.39. The van der Waals surface area contributed by atoms with Gasteiger partial charge in [0.25, 0.3) is 0 Å². The third kappa shape index (κ3) is 2.89. The van der Waals surface area contributed by atoms with Gasteiger partial charge in [-0.2, -0.15) is 0 Å². The zero-order chi connectivity index (χ0) is 13.9. The molecule has 1 N–H and O–H groups in total. The topological polar surface area (TPSA) is 54.2 Å². The Bertz CT molecular complexity index is 581. The number of hydrogen-bond acceptors (Lipinski definition) is 5. The highest BCUT2D eigenvalue weighted by molar-refractivity contribution is 5.53. The molecule has 0 radical (unpaired) electrons. The molecule has 0 aliphatic carbocycles. The first-order valence-electron chi connectivity index (χ1n) is 7.06. The first kappa shape index (κ1) is 13.3. The predicted molar refractivity (Wildman–Crippen MR) is 77.2 cm³/mol. The molecule has 1 fully saturated rings. The van der Waals surface area contributed by atoms with Gasteiger partial charge in [-0.25, -0.2) is 0 Å². The number of benzene rings is 1. The van der Waals surface area contributed by atoms with E-state index in [9.17, 15) is 0 Å². The standard InChI is InChI=1S/C15H20N4O/c1-11-4-3-5-13(8-11)15-18-17-14(20-15)10-19-7-6-16-9-12(19)2/h3-5,8,12,16H,6-7,9-10H2,1-2H3/t12-/m1/s1. The summed E-state index contributed by atoms with van der Waals surface area (Å²) in [5.74, 6) is 1.29. The van der Waals surface area contributed by atoms with Gasteiger partial charge in [-0.05, 0) is 26.0 Å². The number of nitrogens with zero attached hydrogens (tertiary/aromatic N) is 3. The molecule has 0 unspecified atom stereocenters. The number of hydrogen-bond donors (Lipinski definition) is 1. The minimum absolute atomic E-state index is 0.498. The Labute approximate surface area is 119 Å². The summed E-state index contributed by atoms with van der Waals surface area (Å²) in [7, 11) is 0. The molecule has 1 aliphatic heterocycles. The third-order valence-corrected chi connectivity index (χ3v) is 3.71. The molecular formula is C15H20N4O. The normalized spacial score (nSPS) is 20.2. The van der Waals surface area contributed by atoms with Crippen molar-refractivity contribution in [3.05, 3.63) is 35.7 Å². The maximum Gasteiger partial charge on any atom is 0.247 e. The second-order valence-electron chi connectivity index (χ2n) is 5.39. The van der Waals surface area contributed by atoms with E-state index in [0.717, 1.165) is 31.7 Å². The lowest BCUT2D eigenvalue weighted by Crippen LogP contribution is -2.49. The van der Waals surface area contributed by atoms with Crippen LogP contribution in [0.1, 0.15) is 18.4 Å². The third-order valence-electron chi connectivity index (χ3n) is 3.71. The van der Waals surface area contributed by atoms with Crippen LogP contribution < -0.4 is 5.32 Å². The monoisotopic (exact) mass is 272 g/mol. The average Bonchev–Trinajstić information content (AvgIpc) is 2.90. The fourth-order valence-electron chi connectivity index (χ4n) is 2.50. The summed E-state index contributed by atoms with van der Waals surface area (Å²) >= 11 is 0. The average molecular weight is 272 g/mol. The van der Waals surface area contributed by atoms with Gasteiger partial charge < -0.3 is 9.73 Å². The van der Waals surface area contributed by atoms with E-state index in [1.807, 2.05) is 12.1 Å². The van der Waals surface area contributed by atoms with Gasteiger partial charge >= 0.3 is 0 Å². The molecular weight excluding hydrogens is 252 g/mol. The smallest absolute Gasteiger partial charge is 0.247 e. The Balaban J connectivity index is 1.73. The molecule has 1 atom stereocenters. The first-order valence-corrected chi connectivity index (χ1v) is 7.06. The van der Waals surface area contributed by atoms with Crippen molar-refractivity contribution >= 4 is 0 Å². The van der Waals surface area contributed by atoms with Crippen LogP contribution in [0.2, 0.25) is 0 Å². The highest BCUT2D eigenvalue weighted by Crippen LogP contribution is 2.19. The van der Waals surface area contributed by atoms with Crippen molar-refractivity contribution in [1.82, 2.24) is 20.4 Å². The molecule has 0 bridgehead atoms. The summed E-state index contributed by atoms with van der Waals surface area (Å²) in [5.41, 5.74) is 2.18. The van der Waals surface area contributed by atoms with Gasteiger partial charge in [0.15, 0.2) is 0 Å². The van der Waals surface area contributed by atoms with Crippen molar-refractivity contribution in [3.8, 4) is 11.5 Å². The highest BCUT2D eigenvalue weighted by Gasteiger charge is 2.20. The van der Waals surface area contributed by atoms with E-state index < -0.39 is 0 Å². The number of aryl methyl sites for hydroxylation is 1. The molecule has 0 spiro atoms.